The van der Waals surface area contributed by atoms with E-state index in [4.69, 9.17) is 0 Å². The van der Waals surface area contributed by atoms with E-state index >= 15 is 0 Å². The lowest BCUT2D eigenvalue weighted by Gasteiger charge is -2.22. The van der Waals surface area contributed by atoms with Crippen LogP contribution in [0.4, 0.5) is 0 Å². The molecule has 1 rings (SSSR count). The fraction of sp³-hybridized carbons (Fsp3) is 1.00. The van der Waals surface area contributed by atoms with Crippen molar-refractivity contribution >= 4 is 0 Å². The molecule has 0 amide bonds. The molecule has 1 heteroatoms. The molecule has 0 saturated heterocycles. The summed E-state index contributed by atoms with van der Waals surface area (Å²) < 4.78 is 0. The summed E-state index contributed by atoms with van der Waals surface area (Å²) in [4.78, 5) is 0. The Morgan fingerprint density at radius 2 is 2.15 bits per heavy atom. The smallest absolute Gasteiger partial charge is 0.00924 e. The molecule has 3 atom stereocenters. The van der Waals surface area contributed by atoms with Crippen LogP contribution in [0, 0.1) is 11.8 Å². The summed E-state index contributed by atoms with van der Waals surface area (Å²) in [5.41, 5.74) is 0. The molecule has 1 fully saturated rings. The second kappa shape index (κ2) is 5.64. The van der Waals surface area contributed by atoms with E-state index in [1.165, 1.54) is 38.5 Å². The van der Waals surface area contributed by atoms with E-state index in [0.717, 1.165) is 17.9 Å². The van der Waals surface area contributed by atoms with Crippen LogP contribution in [0.3, 0.4) is 0 Å². The van der Waals surface area contributed by atoms with Crippen molar-refractivity contribution in [3.8, 4) is 0 Å². The second-order valence-electron chi connectivity index (χ2n) is 4.72. The summed E-state index contributed by atoms with van der Waals surface area (Å²) in [6.45, 7) is 4.68. The van der Waals surface area contributed by atoms with E-state index in [9.17, 15) is 0 Å². The van der Waals surface area contributed by atoms with Gasteiger partial charge in [0.15, 0.2) is 0 Å². The molecule has 0 aromatic rings. The maximum Gasteiger partial charge on any atom is 0.00924 e. The van der Waals surface area contributed by atoms with Crippen molar-refractivity contribution in [2.24, 2.45) is 11.8 Å². The van der Waals surface area contributed by atoms with Crippen LogP contribution in [0.5, 0.6) is 0 Å². The van der Waals surface area contributed by atoms with E-state index in [0.29, 0.717) is 0 Å². The minimum atomic E-state index is 0.796. The van der Waals surface area contributed by atoms with Gasteiger partial charge < -0.3 is 5.32 Å². The highest BCUT2D eigenvalue weighted by Crippen LogP contribution is 2.33. The first kappa shape index (κ1) is 11.0. The Labute approximate surface area is 83.3 Å². The van der Waals surface area contributed by atoms with Gasteiger partial charge in [0.1, 0.15) is 0 Å². The lowest BCUT2D eigenvalue weighted by Crippen LogP contribution is -2.32. The average Bonchev–Trinajstić information content (AvgIpc) is 2.54. The number of hydrogen-bond donors (Lipinski definition) is 1. The van der Waals surface area contributed by atoms with Crippen molar-refractivity contribution in [3.05, 3.63) is 0 Å². The van der Waals surface area contributed by atoms with Crippen LogP contribution in [-0.4, -0.2) is 13.1 Å². The zero-order valence-corrected chi connectivity index (χ0v) is 9.47. The molecule has 0 aliphatic heterocycles. The Morgan fingerprint density at radius 3 is 2.62 bits per heavy atom. The highest BCUT2D eigenvalue weighted by molar-refractivity contribution is 4.82. The van der Waals surface area contributed by atoms with Crippen LogP contribution in [-0.2, 0) is 0 Å². The molecular weight excluding hydrogens is 158 g/mol. The molecule has 0 spiro atoms. The highest BCUT2D eigenvalue weighted by Gasteiger charge is 2.27. The fourth-order valence-electron chi connectivity index (χ4n) is 2.66. The van der Waals surface area contributed by atoms with Gasteiger partial charge in [0.05, 0.1) is 0 Å². The maximum absolute atomic E-state index is 3.50. The first-order valence-electron chi connectivity index (χ1n) is 5.95. The first-order chi connectivity index (χ1) is 6.27. The van der Waals surface area contributed by atoms with E-state index in [1.807, 2.05) is 0 Å². The number of rotatable bonds is 5. The molecule has 78 valence electrons. The summed E-state index contributed by atoms with van der Waals surface area (Å²) in [5.74, 6) is 1.94. The standard InChI is InChI=1S/C12H25N/c1-4-5-6-12(13-3)11-8-7-10(2)9-11/h10-13H,4-9H2,1-3H3. The molecule has 0 heterocycles. The second-order valence-corrected chi connectivity index (χ2v) is 4.72. The molecule has 0 radical (unpaired) electrons. The third-order valence-electron chi connectivity index (χ3n) is 3.54. The van der Waals surface area contributed by atoms with E-state index < -0.39 is 0 Å². The topological polar surface area (TPSA) is 12.0 Å². The molecule has 1 nitrogen and oxygen atoms in total. The minimum Gasteiger partial charge on any atom is -0.317 e. The summed E-state index contributed by atoms with van der Waals surface area (Å²) in [5, 5.41) is 3.50. The van der Waals surface area contributed by atoms with Crippen LogP contribution in [0.15, 0.2) is 0 Å². The predicted octanol–water partition coefficient (Wildman–Crippen LogP) is 3.20. The Bertz CT molecular complexity index is 133. The van der Waals surface area contributed by atoms with Crippen LogP contribution in [0.2, 0.25) is 0 Å². The van der Waals surface area contributed by atoms with Gasteiger partial charge in [-0.15, -0.1) is 0 Å². The van der Waals surface area contributed by atoms with E-state index in [1.54, 1.807) is 0 Å². The predicted molar refractivity (Wildman–Crippen MR) is 58.9 cm³/mol. The van der Waals surface area contributed by atoms with Crippen LogP contribution >= 0.6 is 0 Å². The van der Waals surface area contributed by atoms with Crippen LogP contribution in [0.25, 0.3) is 0 Å². The number of nitrogens with one attached hydrogen (secondary N) is 1. The van der Waals surface area contributed by atoms with E-state index in [2.05, 4.69) is 26.2 Å². The third-order valence-corrected chi connectivity index (χ3v) is 3.54. The molecule has 1 aliphatic rings. The Morgan fingerprint density at radius 1 is 1.38 bits per heavy atom. The van der Waals surface area contributed by atoms with Crippen molar-refractivity contribution in [2.45, 2.75) is 58.4 Å². The zero-order valence-electron chi connectivity index (χ0n) is 9.47. The van der Waals surface area contributed by atoms with Crippen molar-refractivity contribution in [1.82, 2.24) is 5.32 Å². The molecule has 1 aliphatic carbocycles. The SMILES string of the molecule is CCCCC(NC)C1CCC(C)C1. The highest BCUT2D eigenvalue weighted by atomic mass is 14.9. The maximum atomic E-state index is 3.50. The molecule has 1 N–H and O–H groups in total. The van der Waals surface area contributed by atoms with Crippen molar-refractivity contribution in [1.29, 1.82) is 0 Å². The summed E-state index contributed by atoms with van der Waals surface area (Å²) in [7, 11) is 2.13. The Hall–Kier alpha value is -0.0400. The normalized spacial score (nSPS) is 30.7. The molecule has 0 aromatic carbocycles. The number of hydrogen-bond acceptors (Lipinski definition) is 1. The summed E-state index contributed by atoms with van der Waals surface area (Å²) in [6, 6.07) is 0.796. The van der Waals surface area contributed by atoms with Crippen molar-refractivity contribution in [2.75, 3.05) is 7.05 Å². The van der Waals surface area contributed by atoms with Crippen molar-refractivity contribution < 1.29 is 0 Å². The van der Waals surface area contributed by atoms with Gasteiger partial charge in [-0.05, 0) is 38.1 Å². The first-order valence-corrected chi connectivity index (χ1v) is 5.95. The summed E-state index contributed by atoms with van der Waals surface area (Å²) >= 11 is 0. The fourth-order valence-corrected chi connectivity index (χ4v) is 2.66. The van der Waals surface area contributed by atoms with Gasteiger partial charge in [0, 0.05) is 6.04 Å². The van der Waals surface area contributed by atoms with Gasteiger partial charge in [0.2, 0.25) is 0 Å². The Kier molecular flexibility index (Phi) is 4.79. The monoisotopic (exact) mass is 183 g/mol. The molecule has 0 bridgehead atoms. The van der Waals surface area contributed by atoms with Gasteiger partial charge in [-0.2, -0.15) is 0 Å². The quantitative estimate of drug-likeness (QED) is 0.690. The third kappa shape index (κ3) is 3.30. The van der Waals surface area contributed by atoms with Gasteiger partial charge in [-0.25, -0.2) is 0 Å². The van der Waals surface area contributed by atoms with Gasteiger partial charge >= 0.3 is 0 Å². The zero-order chi connectivity index (χ0) is 9.68. The van der Waals surface area contributed by atoms with Crippen molar-refractivity contribution in [3.63, 3.8) is 0 Å². The molecule has 3 unspecified atom stereocenters. The Balaban J connectivity index is 2.29. The summed E-state index contributed by atoms with van der Waals surface area (Å²) in [6.07, 6.45) is 8.46. The lowest BCUT2D eigenvalue weighted by molar-refractivity contribution is 0.344. The molecule has 13 heavy (non-hydrogen) atoms. The molecule has 0 aromatic heterocycles. The minimum absolute atomic E-state index is 0.796. The van der Waals surface area contributed by atoms with Gasteiger partial charge in [-0.1, -0.05) is 33.1 Å². The van der Waals surface area contributed by atoms with Crippen LogP contribution in [0.1, 0.15) is 52.4 Å². The van der Waals surface area contributed by atoms with Gasteiger partial charge in [-0.3, -0.25) is 0 Å². The van der Waals surface area contributed by atoms with Crippen LogP contribution < -0.4 is 5.32 Å². The molecular formula is C12H25N. The van der Waals surface area contributed by atoms with E-state index in [-0.39, 0.29) is 0 Å². The van der Waals surface area contributed by atoms with Gasteiger partial charge in [0.25, 0.3) is 0 Å². The largest absolute Gasteiger partial charge is 0.317 e. The molecule has 1 saturated carbocycles. The average molecular weight is 183 g/mol. The number of unbranched alkanes of at least 4 members (excludes halogenated alkanes) is 1. The lowest BCUT2D eigenvalue weighted by atomic mass is 9.93.